The van der Waals surface area contributed by atoms with E-state index in [0.29, 0.717) is 12.0 Å². The minimum Gasteiger partial charge on any atom is -0.355 e. The number of nitrogens with one attached hydrogen (secondary N) is 2. The molecule has 100 valence electrons. The molecule has 1 fully saturated rings. The molecule has 17 heavy (non-hydrogen) atoms. The predicted octanol–water partition coefficient (Wildman–Crippen LogP) is 0.831. The Morgan fingerprint density at radius 2 is 2.18 bits per heavy atom. The molecule has 0 saturated carbocycles. The van der Waals surface area contributed by atoms with Crippen LogP contribution in [0.15, 0.2) is 0 Å². The zero-order valence-electron chi connectivity index (χ0n) is 11.6. The lowest BCUT2D eigenvalue weighted by Gasteiger charge is -2.37. The fraction of sp³-hybridized carbons (Fsp3) is 0.923. The van der Waals surface area contributed by atoms with Crippen LogP contribution in [0.2, 0.25) is 0 Å². The summed E-state index contributed by atoms with van der Waals surface area (Å²) in [5, 5.41) is 6.37. The Bertz CT molecular complexity index is 243. The van der Waals surface area contributed by atoms with Crippen molar-refractivity contribution in [2.24, 2.45) is 5.92 Å². The molecule has 2 atom stereocenters. The van der Waals surface area contributed by atoms with Crippen LogP contribution in [-0.4, -0.2) is 49.1 Å². The van der Waals surface area contributed by atoms with Crippen molar-refractivity contribution in [1.82, 2.24) is 15.5 Å². The molecule has 1 amide bonds. The highest BCUT2D eigenvalue weighted by Gasteiger charge is 2.27. The van der Waals surface area contributed by atoms with Gasteiger partial charge in [-0.25, -0.2) is 0 Å². The molecule has 0 radical (unpaired) electrons. The second kappa shape index (κ2) is 6.97. The van der Waals surface area contributed by atoms with Gasteiger partial charge in [-0.3, -0.25) is 9.69 Å². The van der Waals surface area contributed by atoms with Gasteiger partial charge in [-0.15, -0.1) is 0 Å². The molecule has 1 rings (SSSR count). The summed E-state index contributed by atoms with van der Waals surface area (Å²) in [5.74, 6) is 0.808. The average molecular weight is 241 g/mol. The molecule has 0 aliphatic carbocycles. The van der Waals surface area contributed by atoms with Crippen molar-refractivity contribution in [1.29, 1.82) is 0 Å². The van der Waals surface area contributed by atoms with Gasteiger partial charge in [-0.2, -0.15) is 0 Å². The largest absolute Gasteiger partial charge is 0.355 e. The maximum Gasteiger partial charge on any atom is 0.237 e. The normalized spacial score (nSPS) is 23.7. The molecule has 1 saturated heterocycles. The van der Waals surface area contributed by atoms with Gasteiger partial charge < -0.3 is 10.6 Å². The van der Waals surface area contributed by atoms with Crippen molar-refractivity contribution in [3.05, 3.63) is 0 Å². The lowest BCUT2D eigenvalue weighted by molar-refractivity contribution is -0.127. The summed E-state index contributed by atoms with van der Waals surface area (Å²) in [5.41, 5.74) is 0. The Labute approximate surface area is 105 Å². The van der Waals surface area contributed by atoms with E-state index in [1.807, 2.05) is 6.92 Å². The summed E-state index contributed by atoms with van der Waals surface area (Å²) in [7, 11) is 0. The maximum absolute atomic E-state index is 12.0. The summed E-state index contributed by atoms with van der Waals surface area (Å²) in [6.07, 6.45) is 1.05. The van der Waals surface area contributed by atoms with Gasteiger partial charge in [0, 0.05) is 32.2 Å². The first-order chi connectivity index (χ1) is 8.02. The van der Waals surface area contributed by atoms with Gasteiger partial charge in [-0.1, -0.05) is 13.8 Å². The summed E-state index contributed by atoms with van der Waals surface area (Å²) < 4.78 is 0. The van der Waals surface area contributed by atoms with Crippen LogP contribution in [0.3, 0.4) is 0 Å². The Morgan fingerprint density at radius 3 is 2.76 bits per heavy atom. The number of rotatable bonds is 5. The third-order valence-electron chi connectivity index (χ3n) is 3.45. The molecule has 2 N–H and O–H groups in total. The fourth-order valence-electron chi connectivity index (χ4n) is 2.21. The van der Waals surface area contributed by atoms with Crippen molar-refractivity contribution >= 4 is 5.91 Å². The number of hydrogen-bond donors (Lipinski definition) is 2. The monoisotopic (exact) mass is 241 g/mol. The molecular formula is C13H27N3O. The molecule has 1 aliphatic rings. The van der Waals surface area contributed by atoms with Gasteiger partial charge in [0.1, 0.15) is 0 Å². The van der Waals surface area contributed by atoms with E-state index in [-0.39, 0.29) is 11.9 Å². The van der Waals surface area contributed by atoms with E-state index in [4.69, 9.17) is 0 Å². The van der Waals surface area contributed by atoms with Crippen molar-refractivity contribution in [2.45, 2.75) is 46.2 Å². The minimum absolute atomic E-state index is 0.0146. The minimum atomic E-state index is -0.0146. The summed E-state index contributed by atoms with van der Waals surface area (Å²) in [4.78, 5) is 14.3. The summed E-state index contributed by atoms with van der Waals surface area (Å²) >= 11 is 0. The molecule has 1 heterocycles. The molecule has 0 aromatic carbocycles. The number of nitrogens with zero attached hydrogens (tertiary/aromatic N) is 1. The second-order valence-electron chi connectivity index (χ2n) is 5.44. The third-order valence-corrected chi connectivity index (χ3v) is 3.45. The zero-order chi connectivity index (χ0) is 12.8. The highest BCUT2D eigenvalue weighted by molar-refractivity contribution is 5.81. The number of amides is 1. The molecule has 1 unspecified atom stereocenters. The first-order valence-corrected chi connectivity index (χ1v) is 6.76. The SMILES string of the molecule is CC(C)CCNC(=O)C(C)N1CCNC[C@H]1C. The standard InChI is InChI=1S/C13H27N3O/c1-10(2)5-6-15-13(17)12(4)16-8-7-14-9-11(16)3/h10-12,14H,5-9H2,1-4H3,(H,15,17)/t11-,12?/m1/s1. The predicted molar refractivity (Wildman–Crippen MR) is 71.0 cm³/mol. The van der Waals surface area contributed by atoms with Gasteiger partial charge in [0.15, 0.2) is 0 Å². The van der Waals surface area contributed by atoms with E-state index in [0.717, 1.165) is 32.6 Å². The molecular weight excluding hydrogens is 214 g/mol. The van der Waals surface area contributed by atoms with E-state index in [2.05, 4.69) is 36.3 Å². The number of carbonyl (C=O) groups is 1. The van der Waals surface area contributed by atoms with Crippen molar-refractivity contribution < 1.29 is 4.79 Å². The lowest BCUT2D eigenvalue weighted by Crippen LogP contribution is -2.57. The molecule has 0 spiro atoms. The van der Waals surface area contributed by atoms with Gasteiger partial charge in [0.05, 0.1) is 6.04 Å². The molecule has 0 bridgehead atoms. The van der Waals surface area contributed by atoms with Gasteiger partial charge in [0.25, 0.3) is 0 Å². The smallest absolute Gasteiger partial charge is 0.237 e. The highest BCUT2D eigenvalue weighted by atomic mass is 16.2. The Morgan fingerprint density at radius 1 is 1.47 bits per heavy atom. The van der Waals surface area contributed by atoms with Crippen LogP contribution in [0.1, 0.15) is 34.1 Å². The van der Waals surface area contributed by atoms with E-state index < -0.39 is 0 Å². The zero-order valence-corrected chi connectivity index (χ0v) is 11.6. The van der Waals surface area contributed by atoms with Crippen molar-refractivity contribution in [3.8, 4) is 0 Å². The number of hydrogen-bond acceptors (Lipinski definition) is 3. The molecule has 4 nitrogen and oxygen atoms in total. The van der Waals surface area contributed by atoms with E-state index in [1.54, 1.807) is 0 Å². The molecule has 1 aliphatic heterocycles. The van der Waals surface area contributed by atoms with E-state index in [9.17, 15) is 4.79 Å². The summed E-state index contributed by atoms with van der Waals surface area (Å²) in [6.45, 7) is 12.2. The Hall–Kier alpha value is -0.610. The number of piperazine rings is 1. The Balaban J connectivity index is 2.34. The van der Waals surface area contributed by atoms with Crippen LogP contribution in [-0.2, 0) is 4.79 Å². The van der Waals surface area contributed by atoms with Crippen LogP contribution in [0, 0.1) is 5.92 Å². The molecule has 0 aromatic rings. The Kier molecular flexibility index (Phi) is 5.92. The first kappa shape index (κ1) is 14.5. The van der Waals surface area contributed by atoms with Crippen LogP contribution in [0.4, 0.5) is 0 Å². The molecule has 4 heteroatoms. The van der Waals surface area contributed by atoms with Crippen LogP contribution in [0.25, 0.3) is 0 Å². The van der Waals surface area contributed by atoms with Gasteiger partial charge in [0.2, 0.25) is 5.91 Å². The quantitative estimate of drug-likeness (QED) is 0.749. The van der Waals surface area contributed by atoms with Gasteiger partial charge in [-0.05, 0) is 26.2 Å². The fourth-order valence-corrected chi connectivity index (χ4v) is 2.21. The van der Waals surface area contributed by atoms with E-state index >= 15 is 0 Å². The lowest BCUT2D eigenvalue weighted by atomic mass is 10.1. The van der Waals surface area contributed by atoms with Crippen LogP contribution in [0.5, 0.6) is 0 Å². The van der Waals surface area contributed by atoms with E-state index in [1.165, 1.54) is 0 Å². The topological polar surface area (TPSA) is 44.4 Å². The maximum atomic E-state index is 12.0. The average Bonchev–Trinajstić information content (AvgIpc) is 2.28. The second-order valence-corrected chi connectivity index (χ2v) is 5.44. The molecule has 0 aromatic heterocycles. The van der Waals surface area contributed by atoms with Crippen molar-refractivity contribution in [2.75, 3.05) is 26.2 Å². The van der Waals surface area contributed by atoms with Crippen molar-refractivity contribution in [3.63, 3.8) is 0 Å². The van der Waals surface area contributed by atoms with Crippen LogP contribution < -0.4 is 10.6 Å². The third kappa shape index (κ3) is 4.64. The summed E-state index contributed by atoms with van der Waals surface area (Å²) in [6, 6.07) is 0.425. The highest BCUT2D eigenvalue weighted by Crippen LogP contribution is 2.08. The van der Waals surface area contributed by atoms with Crippen LogP contribution >= 0.6 is 0 Å². The van der Waals surface area contributed by atoms with Gasteiger partial charge >= 0.3 is 0 Å². The number of carbonyl (C=O) groups excluding carboxylic acids is 1. The first-order valence-electron chi connectivity index (χ1n) is 6.76.